The van der Waals surface area contributed by atoms with Gasteiger partial charge in [-0.3, -0.25) is 34.1 Å². The van der Waals surface area contributed by atoms with Crippen molar-refractivity contribution >= 4 is 23.6 Å². The first-order valence-electron chi connectivity index (χ1n) is 11.3. The molecule has 1 aliphatic carbocycles. The van der Waals surface area contributed by atoms with E-state index in [0.29, 0.717) is 11.4 Å². The van der Waals surface area contributed by atoms with Crippen molar-refractivity contribution in [1.29, 1.82) is 0 Å². The number of carbonyl (C=O) groups excluding carboxylic acids is 4. The van der Waals surface area contributed by atoms with Gasteiger partial charge in [-0.25, -0.2) is 4.68 Å². The molecule has 1 saturated heterocycles. The topological polar surface area (TPSA) is 132 Å². The largest absolute Gasteiger partial charge is 0.295 e. The van der Waals surface area contributed by atoms with Gasteiger partial charge in [0, 0.05) is 19.0 Å². The number of fused-ring (bicyclic) bond motifs is 2. The monoisotopic (exact) mass is 459 g/mol. The third-order valence-corrected chi connectivity index (χ3v) is 6.75. The molecule has 1 unspecified atom stereocenters. The van der Waals surface area contributed by atoms with Crippen LogP contribution in [-0.4, -0.2) is 59.3 Å². The standard InChI is InChI=1S/C23H21N7O4/c1-28-20(12-5-2-3-7-14(12)26-28)15-11-29(27-25-15)16-8-4-6-13-19(16)23(34)30(22(13)33)17-9-10-18(31)24-21(17)32/h4,6,8,11,17H,2-3,5,7,9-10H2,1H3,(H,24,31,32). The van der Waals surface area contributed by atoms with Gasteiger partial charge in [0.15, 0.2) is 0 Å². The normalized spacial score (nSPS) is 19.9. The first-order chi connectivity index (χ1) is 16.4. The summed E-state index contributed by atoms with van der Waals surface area (Å²) < 4.78 is 3.30. The molecule has 2 aliphatic heterocycles. The summed E-state index contributed by atoms with van der Waals surface area (Å²) >= 11 is 0. The summed E-state index contributed by atoms with van der Waals surface area (Å²) in [6.07, 6.45) is 5.98. The molecule has 1 fully saturated rings. The van der Waals surface area contributed by atoms with Crippen molar-refractivity contribution in [3.63, 3.8) is 0 Å². The van der Waals surface area contributed by atoms with Gasteiger partial charge in [-0.1, -0.05) is 11.3 Å². The summed E-state index contributed by atoms with van der Waals surface area (Å²) in [6, 6.07) is 3.89. The van der Waals surface area contributed by atoms with Crippen LogP contribution in [0.1, 0.15) is 57.7 Å². The second-order valence-electron chi connectivity index (χ2n) is 8.80. The number of aromatic nitrogens is 5. The van der Waals surface area contributed by atoms with Gasteiger partial charge in [-0.15, -0.1) is 5.10 Å². The van der Waals surface area contributed by atoms with Gasteiger partial charge in [0.2, 0.25) is 11.8 Å². The van der Waals surface area contributed by atoms with Gasteiger partial charge in [0.1, 0.15) is 11.7 Å². The van der Waals surface area contributed by atoms with Gasteiger partial charge in [0.25, 0.3) is 11.8 Å². The van der Waals surface area contributed by atoms with E-state index >= 15 is 0 Å². The van der Waals surface area contributed by atoms with Crippen LogP contribution in [0.2, 0.25) is 0 Å². The van der Waals surface area contributed by atoms with Crippen molar-refractivity contribution in [1.82, 2.24) is 35.0 Å². The molecular weight excluding hydrogens is 438 g/mol. The zero-order valence-electron chi connectivity index (χ0n) is 18.4. The number of piperidine rings is 1. The zero-order valence-corrected chi connectivity index (χ0v) is 18.4. The smallest absolute Gasteiger partial charge is 0.264 e. The molecule has 6 rings (SSSR count). The van der Waals surface area contributed by atoms with Crippen molar-refractivity contribution in [2.45, 2.75) is 44.6 Å². The van der Waals surface area contributed by atoms with E-state index < -0.39 is 29.7 Å². The number of imide groups is 2. The maximum atomic E-state index is 13.4. The summed E-state index contributed by atoms with van der Waals surface area (Å²) in [6.45, 7) is 0. The van der Waals surface area contributed by atoms with E-state index in [4.69, 9.17) is 0 Å². The van der Waals surface area contributed by atoms with Crippen LogP contribution in [0.4, 0.5) is 0 Å². The highest BCUT2D eigenvalue weighted by atomic mass is 16.2. The Kier molecular flexibility index (Phi) is 4.48. The number of hydrogen-bond acceptors (Lipinski definition) is 7. The molecule has 4 heterocycles. The Morgan fingerprint density at radius 2 is 1.85 bits per heavy atom. The predicted molar refractivity (Wildman–Crippen MR) is 117 cm³/mol. The first kappa shape index (κ1) is 20.5. The number of nitrogens with zero attached hydrogens (tertiary/aromatic N) is 6. The first-order valence-corrected chi connectivity index (χ1v) is 11.3. The molecule has 2 aromatic heterocycles. The van der Waals surface area contributed by atoms with Gasteiger partial charge >= 0.3 is 0 Å². The molecular formula is C23H21N7O4. The lowest BCUT2D eigenvalue weighted by Crippen LogP contribution is -2.54. The third kappa shape index (κ3) is 2.93. The Morgan fingerprint density at radius 3 is 2.68 bits per heavy atom. The lowest BCUT2D eigenvalue weighted by Gasteiger charge is -2.27. The average molecular weight is 459 g/mol. The SMILES string of the molecule is Cn1nc2c(c1-c1cn(-c3cccc4c3C(=O)N(C3CCC(=O)NC3=O)C4=O)nn1)CCCC2. The van der Waals surface area contributed by atoms with E-state index in [9.17, 15) is 19.2 Å². The lowest BCUT2D eigenvalue weighted by molar-refractivity contribution is -0.136. The maximum Gasteiger partial charge on any atom is 0.264 e. The predicted octanol–water partition coefficient (Wildman–Crippen LogP) is 0.948. The van der Waals surface area contributed by atoms with Gasteiger partial charge in [-0.05, 0) is 44.2 Å². The van der Waals surface area contributed by atoms with Crippen LogP contribution in [0.3, 0.4) is 0 Å². The van der Waals surface area contributed by atoms with Crippen molar-refractivity contribution in [3.05, 3.63) is 46.8 Å². The van der Waals surface area contributed by atoms with E-state index in [0.717, 1.165) is 42.0 Å². The number of benzene rings is 1. The van der Waals surface area contributed by atoms with Crippen molar-refractivity contribution in [2.75, 3.05) is 0 Å². The molecule has 3 aliphatic rings. The maximum absolute atomic E-state index is 13.4. The van der Waals surface area contributed by atoms with E-state index in [1.165, 1.54) is 10.2 Å². The fraction of sp³-hybridized carbons (Fsp3) is 0.348. The van der Waals surface area contributed by atoms with Crippen molar-refractivity contribution < 1.29 is 19.2 Å². The van der Waals surface area contributed by atoms with Crippen LogP contribution in [-0.2, 0) is 29.5 Å². The molecule has 34 heavy (non-hydrogen) atoms. The molecule has 0 radical (unpaired) electrons. The van der Waals surface area contributed by atoms with E-state index in [1.54, 1.807) is 24.4 Å². The van der Waals surface area contributed by atoms with Crippen LogP contribution in [0.5, 0.6) is 0 Å². The summed E-state index contributed by atoms with van der Waals surface area (Å²) in [7, 11) is 1.88. The Balaban J connectivity index is 1.39. The average Bonchev–Trinajstić information content (AvgIpc) is 3.49. The number of amides is 4. The van der Waals surface area contributed by atoms with Crippen LogP contribution in [0.15, 0.2) is 24.4 Å². The second-order valence-corrected chi connectivity index (χ2v) is 8.80. The van der Waals surface area contributed by atoms with Crippen molar-refractivity contribution in [2.24, 2.45) is 7.05 Å². The fourth-order valence-corrected chi connectivity index (χ4v) is 5.18. The van der Waals surface area contributed by atoms with E-state index in [-0.39, 0.29) is 24.0 Å². The molecule has 1 N–H and O–H groups in total. The Bertz CT molecular complexity index is 1400. The summed E-state index contributed by atoms with van der Waals surface area (Å²) in [5.41, 5.74) is 4.56. The van der Waals surface area contributed by atoms with E-state index in [2.05, 4.69) is 20.7 Å². The number of carbonyl (C=O) groups is 4. The lowest BCUT2D eigenvalue weighted by atomic mass is 9.95. The molecule has 4 amide bonds. The molecule has 1 aromatic carbocycles. The summed E-state index contributed by atoms with van der Waals surface area (Å²) in [4.78, 5) is 51.3. The Hall–Kier alpha value is -4.15. The number of hydrogen-bond donors (Lipinski definition) is 1. The minimum Gasteiger partial charge on any atom is -0.295 e. The quantitative estimate of drug-likeness (QED) is 0.577. The molecule has 172 valence electrons. The number of aryl methyl sites for hydroxylation is 2. The van der Waals surface area contributed by atoms with Gasteiger partial charge in [0.05, 0.1) is 34.4 Å². The highest BCUT2D eigenvalue weighted by Gasteiger charge is 2.46. The third-order valence-electron chi connectivity index (χ3n) is 6.75. The Labute approximate surface area is 193 Å². The minimum absolute atomic E-state index is 0.0676. The summed E-state index contributed by atoms with van der Waals surface area (Å²) in [5.74, 6) is -2.19. The van der Waals surface area contributed by atoms with Crippen LogP contribution in [0.25, 0.3) is 17.1 Å². The molecule has 1 atom stereocenters. The van der Waals surface area contributed by atoms with Crippen LogP contribution in [0, 0.1) is 0 Å². The van der Waals surface area contributed by atoms with Gasteiger partial charge < -0.3 is 0 Å². The molecule has 11 heteroatoms. The Morgan fingerprint density at radius 1 is 1.03 bits per heavy atom. The highest BCUT2D eigenvalue weighted by molar-refractivity contribution is 6.24. The second kappa shape index (κ2) is 7.44. The zero-order chi connectivity index (χ0) is 23.6. The van der Waals surface area contributed by atoms with Crippen LogP contribution < -0.4 is 5.32 Å². The van der Waals surface area contributed by atoms with E-state index in [1.807, 2.05) is 11.7 Å². The molecule has 0 spiro atoms. The molecule has 3 aromatic rings. The minimum atomic E-state index is -1.02. The number of nitrogens with one attached hydrogen (secondary N) is 1. The van der Waals surface area contributed by atoms with Crippen LogP contribution >= 0.6 is 0 Å². The van der Waals surface area contributed by atoms with Gasteiger partial charge in [-0.2, -0.15) is 5.10 Å². The fourth-order valence-electron chi connectivity index (χ4n) is 5.18. The van der Waals surface area contributed by atoms with Crippen molar-refractivity contribution in [3.8, 4) is 17.1 Å². The summed E-state index contributed by atoms with van der Waals surface area (Å²) in [5, 5.41) is 15.4. The number of rotatable bonds is 3. The molecule has 0 bridgehead atoms. The molecule has 0 saturated carbocycles. The highest BCUT2D eigenvalue weighted by Crippen LogP contribution is 2.33. The molecule has 11 nitrogen and oxygen atoms in total.